The van der Waals surface area contributed by atoms with Crippen molar-refractivity contribution in [2.45, 2.75) is 20.3 Å². The van der Waals surface area contributed by atoms with Crippen LogP contribution in [0.5, 0.6) is 5.75 Å². The van der Waals surface area contributed by atoms with Crippen LogP contribution >= 0.6 is 11.3 Å². The number of ether oxygens (including phenoxy) is 1. The molecule has 21 heavy (non-hydrogen) atoms. The fraction of sp³-hybridized carbons (Fsp3) is 0.333. The molecule has 0 fully saturated rings. The van der Waals surface area contributed by atoms with Crippen LogP contribution in [0, 0.1) is 19.7 Å². The van der Waals surface area contributed by atoms with E-state index < -0.39 is 0 Å². The minimum atomic E-state index is -0.331. The van der Waals surface area contributed by atoms with Crippen LogP contribution in [0.2, 0.25) is 0 Å². The average Bonchev–Trinajstić information content (AvgIpc) is 2.76. The number of hydrogen-bond acceptors (Lipinski definition) is 4. The van der Waals surface area contributed by atoms with E-state index in [1.54, 1.807) is 11.3 Å². The molecule has 1 heterocycles. The number of carbonyl (C=O) groups excluding carboxylic acids is 1. The molecule has 0 saturated carbocycles. The highest BCUT2D eigenvalue weighted by Gasteiger charge is 2.06. The molecule has 1 N–H and O–H groups in total. The molecule has 1 aromatic carbocycles. The van der Waals surface area contributed by atoms with Crippen LogP contribution in [0.4, 0.5) is 4.39 Å². The maximum atomic E-state index is 12.7. The Morgan fingerprint density at radius 2 is 2.05 bits per heavy atom. The van der Waals surface area contributed by atoms with Crippen molar-refractivity contribution in [3.8, 4) is 5.75 Å². The number of rotatable bonds is 6. The summed E-state index contributed by atoms with van der Waals surface area (Å²) in [6, 6.07) is 5.57. The molecule has 0 aliphatic carbocycles. The zero-order chi connectivity index (χ0) is 15.2. The van der Waals surface area contributed by atoms with Crippen molar-refractivity contribution in [1.82, 2.24) is 10.3 Å². The maximum Gasteiger partial charge on any atom is 0.257 e. The van der Waals surface area contributed by atoms with Gasteiger partial charge in [-0.1, -0.05) is 0 Å². The minimum absolute atomic E-state index is 0.0771. The number of hydrogen-bond donors (Lipinski definition) is 1. The van der Waals surface area contributed by atoms with Crippen molar-refractivity contribution in [2.24, 2.45) is 0 Å². The first-order chi connectivity index (χ1) is 10.0. The van der Waals surface area contributed by atoms with Crippen molar-refractivity contribution in [2.75, 3.05) is 13.2 Å². The van der Waals surface area contributed by atoms with Crippen LogP contribution < -0.4 is 10.1 Å². The summed E-state index contributed by atoms with van der Waals surface area (Å²) in [6.45, 7) is 4.41. The minimum Gasteiger partial charge on any atom is -0.484 e. The predicted octanol–water partition coefficient (Wildman–Crippen LogP) is 2.64. The van der Waals surface area contributed by atoms with Gasteiger partial charge in [-0.15, -0.1) is 11.3 Å². The number of amides is 1. The van der Waals surface area contributed by atoms with Gasteiger partial charge < -0.3 is 10.1 Å². The number of thiazole rings is 1. The highest BCUT2D eigenvalue weighted by atomic mass is 32.1. The van der Waals surface area contributed by atoms with Gasteiger partial charge in [0.25, 0.3) is 5.91 Å². The van der Waals surface area contributed by atoms with E-state index in [2.05, 4.69) is 10.3 Å². The number of nitrogens with zero attached hydrogens (tertiary/aromatic N) is 1. The van der Waals surface area contributed by atoms with Crippen molar-refractivity contribution in [3.63, 3.8) is 0 Å². The Morgan fingerprint density at radius 1 is 1.33 bits per heavy atom. The topological polar surface area (TPSA) is 51.2 Å². The van der Waals surface area contributed by atoms with Gasteiger partial charge in [0.15, 0.2) is 6.61 Å². The molecule has 112 valence electrons. The van der Waals surface area contributed by atoms with Crippen LogP contribution in [-0.4, -0.2) is 24.0 Å². The highest BCUT2D eigenvalue weighted by molar-refractivity contribution is 7.11. The summed E-state index contributed by atoms with van der Waals surface area (Å²) in [6.07, 6.45) is 0.764. The Labute approximate surface area is 127 Å². The third-order valence-electron chi connectivity index (χ3n) is 2.86. The zero-order valence-corrected chi connectivity index (χ0v) is 12.8. The molecule has 4 nitrogen and oxygen atoms in total. The lowest BCUT2D eigenvalue weighted by Gasteiger charge is -2.07. The lowest BCUT2D eigenvalue weighted by molar-refractivity contribution is -0.123. The van der Waals surface area contributed by atoms with Gasteiger partial charge in [0.1, 0.15) is 11.6 Å². The number of halogens is 1. The summed E-state index contributed by atoms with van der Waals surface area (Å²) < 4.78 is 18.0. The van der Waals surface area contributed by atoms with Crippen LogP contribution in [-0.2, 0) is 11.2 Å². The van der Waals surface area contributed by atoms with Crippen LogP contribution in [0.3, 0.4) is 0 Å². The van der Waals surface area contributed by atoms with Crippen molar-refractivity contribution < 1.29 is 13.9 Å². The molecule has 0 spiro atoms. The Morgan fingerprint density at radius 3 is 2.67 bits per heavy atom. The summed E-state index contributed by atoms with van der Waals surface area (Å²) in [5, 5.41) is 3.83. The van der Waals surface area contributed by atoms with Crippen molar-refractivity contribution >= 4 is 17.2 Å². The molecule has 0 radical (unpaired) electrons. The molecule has 1 amide bonds. The number of aryl methyl sites for hydroxylation is 2. The molecule has 6 heteroatoms. The second-order valence-electron chi connectivity index (χ2n) is 4.58. The summed E-state index contributed by atoms with van der Waals surface area (Å²) in [5.41, 5.74) is 1.02. The van der Waals surface area contributed by atoms with E-state index in [0.29, 0.717) is 12.3 Å². The molecule has 0 atom stereocenters. The molecule has 2 rings (SSSR count). The van der Waals surface area contributed by atoms with Gasteiger partial charge in [0, 0.05) is 17.8 Å². The van der Waals surface area contributed by atoms with E-state index in [-0.39, 0.29) is 18.3 Å². The van der Waals surface area contributed by atoms with Crippen molar-refractivity contribution in [1.29, 1.82) is 0 Å². The monoisotopic (exact) mass is 308 g/mol. The zero-order valence-electron chi connectivity index (χ0n) is 12.0. The smallest absolute Gasteiger partial charge is 0.257 e. The molecule has 0 saturated heterocycles. The van der Waals surface area contributed by atoms with Gasteiger partial charge in [-0.25, -0.2) is 9.37 Å². The van der Waals surface area contributed by atoms with Crippen LogP contribution in [0.15, 0.2) is 24.3 Å². The van der Waals surface area contributed by atoms with Crippen LogP contribution in [0.1, 0.15) is 15.6 Å². The molecule has 0 aliphatic rings. The maximum absolute atomic E-state index is 12.7. The van der Waals surface area contributed by atoms with Gasteiger partial charge in [-0.2, -0.15) is 0 Å². The first-order valence-corrected chi connectivity index (χ1v) is 7.44. The van der Waals surface area contributed by atoms with E-state index in [4.69, 9.17) is 4.74 Å². The Bertz CT molecular complexity index is 611. The summed E-state index contributed by atoms with van der Waals surface area (Å²) in [7, 11) is 0. The van der Waals surface area contributed by atoms with Gasteiger partial charge in [0.05, 0.1) is 10.7 Å². The lowest BCUT2D eigenvalue weighted by atomic mass is 10.3. The second kappa shape index (κ2) is 7.17. The normalized spacial score (nSPS) is 10.4. The van der Waals surface area contributed by atoms with Gasteiger partial charge in [0.2, 0.25) is 0 Å². The highest BCUT2D eigenvalue weighted by Crippen LogP contribution is 2.17. The van der Waals surface area contributed by atoms with E-state index >= 15 is 0 Å². The fourth-order valence-electron chi connectivity index (χ4n) is 1.85. The molecule has 2 aromatic rings. The van der Waals surface area contributed by atoms with E-state index in [1.807, 2.05) is 13.8 Å². The Balaban J connectivity index is 1.70. The first kappa shape index (κ1) is 15.4. The molecule has 0 aliphatic heterocycles. The predicted molar refractivity (Wildman–Crippen MR) is 80.2 cm³/mol. The quantitative estimate of drug-likeness (QED) is 0.892. The summed E-state index contributed by atoms with van der Waals surface area (Å²) >= 11 is 1.65. The van der Waals surface area contributed by atoms with Crippen molar-refractivity contribution in [3.05, 3.63) is 45.7 Å². The third-order valence-corrected chi connectivity index (χ3v) is 3.99. The standard InChI is InChI=1S/C15H17FN2O2S/c1-10-14(21-11(2)18-10)7-8-17-15(19)9-20-13-5-3-12(16)4-6-13/h3-6H,7-9H2,1-2H3,(H,17,19). The largest absolute Gasteiger partial charge is 0.484 e. The van der Waals surface area contributed by atoms with Crippen LogP contribution in [0.25, 0.3) is 0 Å². The number of nitrogens with one attached hydrogen (secondary N) is 1. The average molecular weight is 308 g/mol. The molecule has 0 unspecified atom stereocenters. The van der Waals surface area contributed by atoms with E-state index in [1.165, 1.54) is 29.1 Å². The summed E-state index contributed by atoms with van der Waals surface area (Å²) in [4.78, 5) is 17.2. The van der Waals surface area contributed by atoms with Gasteiger partial charge in [-0.05, 0) is 38.1 Å². The second-order valence-corrected chi connectivity index (χ2v) is 5.87. The number of benzene rings is 1. The molecular formula is C15H17FN2O2S. The number of carbonyl (C=O) groups is 1. The summed E-state index contributed by atoms with van der Waals surface area (Å²) in [5.74, 6) is -0.0549. The lowest BCUT2D eigenvalue weighted by Crippen LogP contribution is -2.30. The van der Waals surface area contributed by atoms with E-state index in [9.17, 15) is 9.18 Å². The fourth-order valence-corrected chi connectivity index (χ4v) is 2.79. The molecular weight excluding hydrogens is 291 g/mol. The van der Waals surface area contributed by atoms with E-state index in [0.717, 1.165) is 17.1 Å². The molecule has 0 bridgehead atoms. The third kappa shape index (κ3) is 4.82. The van der Waals surface area contributed by atoms with Gasteiger partial charge >= 0.3 is 0 Å². The Kier molecular flexibility index (Phi) is 5.27. The molecule has 1 aromatic heterocycles. The Hall–Kier alpha value is -1.95. The van der Waals surface area contributed by atoms with Gasteiger partial charge in [-0.3, -0.25) is 4.79 Å². The number of aromatic nitrogens is 1. The first-order valence-electron chi connectivity index (χ1n) is 6.62. The SMILES string of the molecule is Cc1nc(C)c(CCNC(=O)COc2ccc(F)cc2)s1.